The summed E-state index contributed by atoms with van der Waals surface area (Å²) in [6.07, 6.45) is -0.694. The number of carbonyl (C=O) groups excluding carboxylic acids is 3. The van der Waals surface area contributed by atoms with E-state index in [-0.39, 0.29) is 18.9 Å². The van der Waals surface area contributed by atoms with Crippen LogP contribution in [0.5, 0.6) is 0 Å². The van der Waals surface area contributed by atoms with Gasteiger partial charge in [-0.25, -0.2) is 4.79 Å². The van der Waals surface area contributed by atoms with Crippen molar-refractivity contribution in [3.05, 3.63) is 71.8 Å². The molecule has 2 N–H and O–H groups in total. The minimum absolute atomic E-state index is 0.119. The summed E-state index contributed by atoms with van der Waals surface area (Å²) in [5.41, 5.74) is 1.37. The van der Waals surface area contributed by atoms with Crippen molar-refractivity contribution in [1.82, 2.24) is 10.6 Å². The molecule has 0 radical (unpaired) electrons. The lowest BCUT2D eigenvalue weighted by Crippen LogP contribution is -2.46. The Hall–Kier alpha value is -3.15. The molecule has 0 fully saturated rings. The van der Waals surface area contributed by atoms with Crippen LogP contribution in [0.1, 0.15) is 22.8 Å². The molecule has 2 aromatic carbocycles. The molecule has 6 heteroatoms. The topological polar surface area (TPSA) is 84.5 Å². The fourth-order valence-corrected chi connectivity index (χ4v) is 2.05. The summed E-state index contributed by atoms with van der Waals surface area (Å²) in [6, 6.07) is 17.1. The number of ketones is 1. The minimum atomic E-state index is -0.813. The van der Waals surface area contributed by atoms with Gasteiger partial charge in [0.15, 0.2) is 5.78 Å². The van der Waals surface area contributed by atoms with Crippen molar-refractivity contribution < 1.29 is 19.1 Å². The monoisotopic (exact) mass is 340 g/mol. The SMILES string of the molecule is C[C@@H](NC(=O)OCc1ccccc1)C(=O)NCC(=O)c1ccccc1. The van der Waals surface area contributed by atoms with Gasteiger partial charge in [0.25, 0.3) is 0 Å². The van der Waals surface area contributed by atoms with E-state index < -0.39 is 18.0 Å². The molecule has 0 saturated heterocycles. The van der Waals surface area contributed by atoms with Gasteiger partial charge in [-0.15, -0.1) is 0 Å². The van der Waals surface area contributed by atoms with Gasteiger partial charge in [-0.2, -0.15) is 0 Å². The van der Waals surface area contributed by atoms with E-state index in [9.17, 15) is 14.4 Å². The van der Waals surface area contributed by atoms with Crippen LogP contribution in [0.4, 0.5) is 4.79 Å². The Morgan fingerprint density at radius 3 is 2.20 bits per heavy atom. The molecule has 1 atom stereocenters. The van der Waals surface area contributed by atoms with Crippen LogP contribution in [0, 0.1) is 0 Å². The average Bonchev–Trinajstić information content (AvgIpc) is 2.65. The van der Waals surface area contributed by atoms with Crippen molar-refractivity contribution in [3.63, 3.8) is 0 Å². The van der Waals surface area contributed by atoms with E-state index in [2.05, 4.69) is 10.6 Å². The number of Topliss-reactive ketones (excluding diaryl/α,β-unsaturated/α-hetero) is 1. The Bertz CT molecular complexity index is 717. The van der Waals surface area contributed by atoms with Gasteiger partial charge in [0.2, 0.25) is 5.91 Å². The van der Waals surface area contributed by atoms with Gasteiger partial charge in [0.05, 0.1) is 6.54 Å². The summed E-state index contributed by atoms with van der Waals surface area (Å²) in [4.78, 5) is 35.6. The van der Waals surface area contributed by atoms with Crippen LogP contribution in [0.25, 0.3) is 0 Å². The smallest absolute Gasteiger partial charge is 0.408 e. The zero-order chi connectivity index (χ0) is 18.1. The first kappa shape index (κ1) is 18.2. The van der Waals surface area contributed by atoms with Crippen molar-refractivity contribution in [2.24, 2.45) is 0 Å². The predicted molar refractivity (Wildman–Crippen MR) is 93.0 cm³/mol. The van der Waals surface area contributed by atoms with E-state index in [1.165, 1.54) is 6.92 Å². The van der Waals surface area contributed by atoms with Crippen molar-refractivity contribution in [3.8, 4) is 0 Å². The van der Waals surface area contributed by atoms with E-state index >= 15 is 0 Å². The molecule has 0 unspecified atom stereocenters. The number of hydrogen-bond acceptors (Lipinski definition) is 4. The summed E-state index contributed by atoms with van der Waals surface area (Å²) < 4.78 is 5.05. The Balaban J connectivity index is 1.72. The van der Waals surface area contributed by atoms with Gasteiger partial charge in [-0.1, -0.05) is 60.7 Å². The molecule has 0 heterocycles. The lowest BCUT2D eigenvalue weighted by atomic mass is 10.1. The van der Waals surface area contributed by atoms with Crippen LogP contribution in [-0.4, -0.2) is 30.4 Å². The van der Waals surface area contributed by atoms with Gasteiger partial charge in [0, 0.05) is 5.56 Å². The number of nitrogens with one attached hydrogen (secondary N) is 2. The van der Waals surface area contributed by atoms with Crippen molar-refractivity contribution in [2.75, 3.05) is 6.54 Å². The van der Waals surface area contributed by atoms with Gasteiger partial charge >= 0.3 is 6.09 Å². The van der Waals surface area contributed by atoms with Crippen LogP contribution in [0.3, 0.4) is 0 Å². The number of benzene rings is 2. The second kappa shape index (κ2) is 9.22. The van der Waals surface area contributed by atoms with E-state index in [1.807, 2.05) is 36.4 Å². The summed E-state index contributed by atoms with van der Waals surface area (Å²) in [6.45, 7) is 1.51. The maximum Gasteiger partial charge on any atom is 0.408 e. The fourth-order valence-electron chi connectivity index (χ4n) is 2.05. The lowest BCUT2D eigenvalue weighted by molar-refractivity contribution is -0.122. The van der Waals surface area contributed by atoms with E-state index in [4.69, 9.17) is 4.74 Å². The predicted octanol–water partition coefficient (Wildman–Crippen LogP) is 2.30. The van der Waals surface area contributed by atoms with Gasteiger partial charge < -0.3 is 15.4 Å². The van der Waals surface area contributed by atoms with E-state index in [1.54, 1.807) is 24.3 Å². The second-order valence-electron chi connectivity index (χ2n) is 5.43. The fraction of sp³-hybridized carbons (Fsp3) is 0.211. The summed E-state index contributed by atoms with van der Waals surface area (Å²) in [5, 5.41) is 4.93. The Labute approximate surface area is 146 Å². The molecule has 2 amide bonds. The molecule has 2 rings (SSSR count). The van der Waals surface area contributed by atoms with Crippen molar-refractivity contribution in [1.29, 1.82) is 0 Å². The van der Waals surface area contributed by atoms with Gasteiger partial charge in [-0.05, 0) is 12.5 Å². The Morgan fingerprint density at radius 2 is 1.56 bits per heavy atom. The van der Waals surface area contributed by atoms with Crippen LogP contribution in [0.15, 0.2) is 60.7 Å². The number of rotatable bonds is 7. The third-order valence-electron chi connectivity index (χ3n) is 3.46. The third-order valence-corrected chi connectivity index (χ3v) is 3.46. The van der Waals surface area contributed by atoms with Crippen molar-refractivity contribution >= 4 is 17.8 Å². The molecule has 0 aliphatic heterocycles. The zero-order valence-electron chi connectivity index (χ0n) is 13.9. The number of hydrogen-bond donors (Lipinski definition) is 2. The zero-order valence-corrected chi connectivity index (χ0v) is 13.9. The molecule has 25 heavy (non-hydrogen) atoms. The first-order chi connectivity index (χ1) is 12.1. The summed E-state index contributed by atoms with van der Waals surface area (Å²) in [5.74, 6) is -0.659. The van der Waals surface area contributed by atoms with Gasteiger partial charge in [-0.3, -0.25) is 9.59 Å². The molecule has 0 saturated carbocycles. The standard InChI is InChI=1S/C19H20N2O4/c1-14(21-19(24)25-13-15-8-4-2-5-9-15)18(23)20-12-17(22)16-10-6-3-7-11-16/h2-11,14H,12-13H2,1H3,(H,20,23)(H,21,24)/t14-/m1/s1. The van der Waals surface area contributed by atoms with Crippen LogP contribution < -0.4 is 10.6 Å². The highest BCUT2D eigenvalue weighted by molar-refractivity contribution is 5.99. The Kier molecular flexibility index (Phi) is 6.71. The molecular weight excluding hydrogens is 320 g/mol. The first-order valence-electron chi connectivity index (χ1n) is 7.89. The highest BCUT2D eigenvalue weighted by Crippen LogP contribution is 2.01. The average molecular weight is 340 g/mol. The van der Waals surface area contributed by atoms with Crippen molar-refractivity contribution in [2.45, 2.75) is 19.6 Å². The summed E-state index contributed by atoms with van der Waals surface area (Å²) in [7, 11) is 0. The molecule has 0 spiro atoms. The number of amides is 2. The van der Waals surface area contributed by atoms with E-state index in [0.717, 1.165) is 5.56 Å². The molecular formula is C19H20N2O4. The molecule has 130 valence electrons. The highest BCUT2D eigenvalue weighted by Gasteiger charge is 2.17. The minimum Gasteiger partial charge on any atom is -0.445 e. The highest BCUT2D eigenvalue weighted by atomic mass is 16.5. The normalized spacial score (nSPS) is 11.2. The molecule has 2 aromatic rings. The summed E-state index contributed by atoms with van der Waals surface area (Å²) >= 11 is 0. The number of ether oxygens (including phenoxy) is 1. The number of alkyl carbamates (subject to hydrolysis) is 1. The lowest BCUT2D eigenvalue weighted by Gasteiger charge is -2.14. The largest absolute Gasteiger partial charge is 0.445 e. The van der Waals surface area contributed by atoms with E-state index in [0.29, 0.717) is 5.56 Å². The molecule has 0 aromatic heterocycles. The maximum atomic E-state index is 12.0. The number of carbonyl (C=O) groups is 3. The molecule has 0 aliphatic carbocycles. The van der Waals surface area contributed by atoms with Gasteiger partial charge in [0.1, 0.15) is 12.6 Å². The van der Waals surface area contributed by atoms with Crippen LogP contribution >= 0.6 is 0 Å². The van der Waals surface area contributed by atoms with Crippen LogP contribution in [-0.2, 0) is 16.1 Å². The third kappa shape index (κ3) is 6.10. The second-order valence-corrected chi connectivity index (χ2v) is 5.43. The molecule has 0 bridgehead atoms. The quantitative estimate of drug-likeness (QED) is 0.758. The molecule has 0 aliphatic rings. The maximum absolute atomic E-state index is 12.0. The molecule has 6 nitrogen and oxygen atoms in total. The Morgan fingerprint density at radius 1 is 0.960 bits per heavy atom. The first-order valence-corrected chi connectivity index (χ1v) is 7.89. The van der Waals surface area contributed by atoms with Crippen LogP contribution in [0.2, 0.25) is 0 Å².